The Labute approximate surface area is 99.3 Å². The van der Waals surface area contributed by atoms with Gasteiger partial charge in [-0.05, 0) is 18.2 Å². The summed E-state index contributed by atoms with van der Waals surface area (Å²) in [5.41, 5.74) is 2.67. The molecule has 0 aliphatic carbocycles. The first-order valence-electron chi connectivity index (χ1n) is 4.49. The van der Waals surface area contributed by atoms with Crippen molar-refractivity contribution < 1.29 is 21.4 Å². The topological polar surface area (TPSA) is 127 Å². The Bertz CT molecular complexity index is 594. The van der Waals surface area contributed by atoms with Crippen LogP contribution in [-0.4, -0.2) is 32.9 Å². The van der Waals surface area contributed by atoms with E-state index in [-0.39, 0.29) is 4.90 Å². The maximum absolute atomic E-state index is 11.7. The van der Waals surface area contributed by atoms with Crippen LogP contribution >= 0.6 is 0 Å². The summed E-state index contributed by atoms with van der Waals surface area (Å²) >= 11 is 0. The molecule has 0 aliphatic heterocycles. The second kappa shape index (κ2) is 5.00. The highest BCUT2D eigenvalue weighted by Gasteiger charge is 2.18. The summed E-state index contributed by atoms with van der Waals surface area (Å²) in [7, 11) is -8.06. The first kappa shape index (κ1) is 13.9. The third-order valence-corrected chi connectivity index (χ3v) is 4.66. The average Bonchev–Trinajstić information content (AvgIpc) is 2.26. The SMILES string of the molecule is NNc1cccc(S(=O)(=O)CCS(=O)(=O)O)c1. The van der Waals surface area contributed by atoms with Gasteiger partial charge in [0.05, 0.1) is 16.4 Å². The van der Waals surface area contributed by atoms with Crippen LogP contribution in [0, 0.1) is 0 Å². The Morgan fingerprint density at radius 3 is 2.35 bits per heavy atom. The predicted octanol–water partition coefficient (Wildman–Crippen LogP) is -0.366. The van der Waals surface area contributed by atoms with Crippen LogP contribution in [0.15, 0.2) is 29.2 Å². The fourth-order valence-corrected chi connectivity index (χ4v) is 3.66. The number of benzene rings is 1. The smallest absolute Gasteiger partial charge is 0.265 e. The van der Waals surface area contributed by atoms with Crippen LogP contribution in [-0.2, 0) is 20.0 Å². The minimum absolute atomic E-state index is 0.0587. The highest BCUT2D eigenvalue weighted by Crippen LogP contribution is 2.16. The number of nitrogens with one attached hydrogen (secondary N) is 1. The van der Waals surface area contributed by atoms with Gasteiger partial charge in [0.1, 0.15) is 0 Å². The number of sulfone groups is 1. The number of hydrogen-bond donors (Lipinski definition) is 3. The fraction of sp³-hybridized carbons (Fsp3) is 0.250. The van der Waals surface area contributed by atoms with E-state index in [0.29, 0.717) is 5.69 Å². The molecule has 1 rings (SSSR count). The minimum atomic E-state index is -4.30. The van der Waals surface area contributed by atoms with Crippen molar-refractivity contribution in [2.45, 2.75) is 4.90 Å². The molecule has 96 valence electrons. The van der Waals surface area contributed by atoms with Crippen molar-refractivity contribution in [3.63, 3.8) is 0 Å². The van der Waals surface area contributed by atoms with Crippen LogP contribution in [0.2, 0.25) is 0 Å². The van der Waals surface area contributed by atoms with Gasteiger partial charge < -0.3 is 5.43 Å². The van der Waals surface area contributed by atoms with Crippen LogP contribution < -0.4 is 11.3 Å². The van der Waals surface area contributed by atoms with E-state index in [4.69, 9.17) is 10.4 Å². The van der Waals surface area contributed by atoms with E-state index < -0.39 is 31.5 Å². The molecule has 0 fully saturated rings. The second-order valence-corrected chi connectivity index (χ2v) is 6.96. The van der Waals surface area contributed by atoms with Crippen molar-refractivity contribution in [2.75, 3.05) is 16.9 Å². The summed E-state index contributed by atoms with van der Waals surface area (Å²) in [6, 6.07) is 5.62. The highest BCUT2D eigenvalue weighted by atomic mass is 32.2. The molecule has 0 aromatic heterocycles. The zero-order valence-corrected chi connectivity index (χ0v) is 10.3. The van der Waals surface area contributed by atoms with Gasteiger partial charge in [-0.1, -0.05) is 6.07 Å². The van der Waals surface area contributed by atoms with Crippen molar-refractivity contribution in [3.8, 4) is 0 Å². The van der Waals surface area contributed by atoms with Crippen LogP contribution in [0.4, 0.5) is 5.69 Å². The zero-order chi connectivity index (χ0) is 13.1. The van der Waals surface area contributed by atoms with E-state index in [0.717, 1.165) is 0 Å². The summed E-state index contributed by atoms with van der Waals surface area (Å²) in [4.78, 5) is -0.0587. The number of hydrogen-bond acceptors (Lipinski definition) is 6. The quantitative estimate of drug-likeness (QED) is 0.381. The maximum Gasteiger partial charge on any atom is 0.265 e. The molecule has 0 atom stereocenters. The van der Waals surface area contributed by atoms with Crippen molar-refractivity contribution in [1.82, 2.24) is 0 Å². The van der Waals surface area contributed by atoms with Crippen molar-refractivity contribution in [3.05, 3.63) is 24.3 Å². The van der Waals surface area contributed by atoms with Crippen LogP contribution in [0.3, 0.4) is 0 Å². The van der Waals surface area contributed by atoms with E-state index in [1.165, 1.54) is 18.2 Å². The van der Waals surface area contributed by atoms with Crippen molar-refractivity contribution >= 4 is 25.6 Å². The van der Waals surface area contributed by atoms with E-state index in [2.05, 4.69) is 5.43 Å². The molecule has 0 saturated carbocycles. The second-order valence-electron chi connectivity index (χ2n) is 3.28. The predicted molar refractivity (Wildman–Crippen MR) is 62.7 cm³/mol. The lowest BCUT2D eigenvalue weighted by atomic mass is 10.3. The summed E-state index contributed by atoms with van der Waals surface area (Å²) < 4.78 is 52.9. The van der Waals surface area contributed by atoms with E-state index in [1.807, 2.05) is 0 Å². The maximum atomic E-state index is 11.7. The van der Waals surface area contributed by atoms with E-state index >= 15 is 0 Å². The molecule has 0 aliphatic rings. The fourth-order valence-electron chi connectivity index (χ4n) is 1.11. The average molecular weight is 280 g/mol. The molecule has 0 spiro atoms. The molecule has 0 unspecified atom stereocenters. The number of rotatable bonds is 5. The molecule has 9 heteroatoms. The van der Waals surface area contributed by atoms with Crippen molar-refractivity contribution in [2.24, 2.45) is 5.84 Å². The molecule has 7 nitrogen and oxygen atoms in total. The molecule has 17 heavy (non-hydrogen) atoms. The number of anilines is 1. The highest BCUT2D eigenvalue weighted by molar-refractivity contribution is 7.93. The number of nitrogens with two attached hydrogens (primary N) is 1. The molecular weight excluding hydrogens is 268 g/mol. The normalized spacial score (nSPS) is 12.4. The summed E-state index contributed by atoms with van der Waals surface area (Å²) in [5, 5.41) is 0. The van der Waals surface area contributed by atoms with Gasteiger partial charge in [-0.2, -0.15) is 8.42 Å². The van der Waals surface area contributed by atoms with Gasteiger partial charge in [0, 0.05) is 5.69 Å². The molecule has 0 bridgehead atoms. The first-order valence-corrected chi connectivity index (χ1v) is 7.75. The van der Waals surface area contributed by atoms with Gasteiger partial charge in [-0.15, -0.1) is 0 Å². The van der Waals surface area contributed by atoms with E-state index in [1.54, 1.807) is 6.07 Å². The lowest BCUT2D eigenvalue weighted by molar-refractivity contribution is 0.484. The Morgan fingerprint density at radius 2 is 1.82 bits per heavy atom. The Balaban J connectivity index is 2.97. The summed E-state index contributed by atoms with van der Waals surface area (Å²) in [6.45, 7) is 0. The lowest BCUT2D eigenvalue weighted by Crippen LogP contribution is -2.17. The Hall–Kier alpha value is -1.16. The minimum Gasteiger partial charge on any atom is -0.324 e. The molecule has 0 radical (unpaired) electrons. The third kappa shape index (κ3) is 4.30. The largest absolute Gasteiger partial charge is 0.324 e. The van der Waals surface area contributed by atoms with Gasteiger partial charge in [0.2, 0.25) is 0 Å². The number of nitrogen functional groups attached to an aromatic ring is 1. The van der Waals surface area contributed by atoms with Gasteiger partial charge in [-0.25, -0.2) is 8.42 Å². The number of hydrazine groups is 1. The molecule has 0 amide bonds. The monoisotopic (exact) mass is 280 g/mol. The molecule has 0 heterocycles. The zero-order valence-electron chi connectivity index (χ0n) is 8.70. The van der Waals surface area contributed by atoms with E-state index in [9.17, 15) is 16.8 Å². The third-order valence-electron chi connectivity index (χ3n) is 1.97. The molecule has 4 N–H and O–H groups in total. The van der Waals surface area contributed by atoms with Gasteiger partial charge in [-0.3, -0.25) is 10.4 Å². The molecule has 1 aromatic rings. The van der Waals surface area contributed by atoms with Crippen LogP contribution in [0.5, 0.6) is 0 Å². The molecule has 0 saturated heterocycles. The van der Waals surface area contributed by atoms with Crippen molar-refractivity contribution in [1.29, 1.82) is 0 Å². The van der Waals surface area contributed by atoms with Gasteiger partial charge in [0.25, 0.3) is 10.1 Å². The van der Waals surface area contributed by atoms with Gasteiger partial charge in [0.15, 0.2) is 9.84 Å². The van der Waals surface area contributed by atoms with Gasteiger partial charge >= 0.3 is 0 Å². The molecular formula is C8H12N2O5S2. The molecule has 1 aromatic carbocycles. The Morgan fingerprint density at radius 1 is 1.18 bits per heavy atom. The van der Waals surface area contributed by atoms with Crippen LogP contribution in [0.25, 0.3) is 0 Å². The first-order chi connectivity index (χ1) is 7.74. The summed E-state index contributed by atoms with van der Waals surface area (Å²) in [6.07, 6.45) is 0. The Kier molecular flexibility index (Phi) is 4.09. The summed E-state index contributed by atoms with van der Waals surface area (Å²) in [5.74, 6) is 3.61. The standard InChI is InChI=1S/C8H12N2O5S2/c9-10-7-2-1-3-8(6-7)16(11,12)4-5-17(13,14)15/h1-3,6,10H,4-5,9H2,(H,13,14,15). The lowest BCUT2D eigenvalue weighted by Gasteiger charge is -2.05. The van der Waals surface area contributed by atoms with Crippen LogP contribution in [0.1, 0.15) is 0 Å².